The van der Waals surface area contributed by atoms with E-state index in [9.17, 15) is 5.11 Å². The van der Waals surface area contributed by atoms with Crippen LogP contribution in [0.3, 0.4) is 0 Å². The summed E-state index contributed by atoms with van der Waals surface area (Å²) in [5.41, 5.74) is 1.04. The molecule has 2 bridgehead atoms. The Labute approximate surface area is 98.9 Å². The monoisotopic (exact) mass is 220 g/mol. The van der Waals surface area contributed by atoms with Crippen LogP contribution in [0.15, 0.2) is 11.6 Å². The van der Waals surface area contributed by atoms with Gasteiger partial charge in [0.1, 0.15) is 0 Å². The van der Waals surface area contributed by atoms with Gasteiger partial charge in [-0.05, 0) is 68.8 Å². The van der Waals surface area contributed by atoms with Gasteiger partial charge >= 0.3 is 0 Å². The summed E-state index contributed by atoms with van der Waals surface area (Å²) < 4.78 is 0. The van der Waals surface area contributed by atoms with Crippen LogP contribution in [-0.4, -0.2) is 10.7 Å². The minimum atomic E-state index is -0.375. The van der Waals surface area contributed by atoms with Crippen LogP contribution in [0.5, 0.6) is 0 Å². The van der Waals surface area contributed by atoms with Crippen LogP contribution in [0, 0.1) is 11.8 Å². The second-order valence-electron chi connectivity index (χ2n) is 6.19. The van der Waals surface area contributed by atoms with E-state index in [0.29, 0.717) is 5.92 Å². The van der Waals surface area contributed by atoms with Crippen LogP contribution in [0.4, 0.5) is 0 Å². The molecule has 0 heterocycles. The van der Waals surface area contributed by atoms with E-state index in [2.05, 4.69) is 6.08 Å². The molecular weight excluding hydrogens is 196 g/mol. The molecule has 0 aliphatic heterocycles. The van der Waals surface area contributed by atoms with Crippen molar-refractivity contribution in [2.24, 2.45) is 11.8 Å². The first kappa shape index (κ1) is 10.8. The Morgan fingerprint density at radius 1 is 1.12 bits per heavy atom. The Morgan fingerprint density at radius 3 is 2.75 bits per heavy atom. The van der Waals surface area contributed by atoms with Crippen molar-refractivity contribution in [2.75, 3.05) is 0 Å². The highest BCUT2D eigenvalue weighted by atomic mass is 16.3. The molecule has 0 amide bonds. The van der Waals surface area contributed by atoms with Crippen molar-refractivity contribution >= 4 is 0 Å². The minimum absolute atomic E-state index is 0.375. The average Bonchev–Trinajstić information content (AvgIpc) is 2.76. The molecule has 90 valence electrons. The Kier molecular flexibility index (Phi) is 2.83. The average molecular weight is 220 g/mol. The molecule has 16 heavy (non-hydrogen) atoms. The molecule has 3 aliphatic carbocycles. The molecule has 0 spiro atoms. The molecule has 0 aromatic rings. The Bertz CT molecular complexity index is 294. The van der Waals surface area contributed by atoms with Crippen molar-refractivity contribution in [3.05, 3.63) is 11.6 Å². The van der Waals surface area contributed by atoms with Crippen molar-refractivity contribution < 1.29 is 5.11 Å². The Morgan fingerprint density at radius 2 is 2.00 bits per heavy atom. The zero-order chi connectivity index (χ0) is 11.0. The minimum Gasteiger partial charge on any atom is -0.385 e. The molecule has 2 saturated carbocycles. The molecule has 1 heteroatoms. The van der Waals surface area contributed by atoms with E-state index in [1.165, 1.54) is 63.4 Å². The van der Waals surface area contributed by atoms with Gasteiger partial charge in [0.15, 0.2) is 0 Å². The topological polar surface area (TPSA) is 20.2 Å². The molecule has 0 radical (unpaired) electrons. The number of allylic oxidation sites excluding steroid dienone is 1. The maximum absolute atomic E-state index is 11.0. The Balaban J connectivity index is 1.79. The van der Waals surface area contributed by atoms with Gasteiger partial charge in [0, 0.05) is 0 Å². The van der Waals surface area contributed by atoms with E-state index < -0.39 is 0 Å². The summed E-state index contributed by atoms with van der Waals surface area (Å²) in [6, 6.07) is 0. The molecule has 3 unspecified atom stereocenters. The first-order valence-electron chi connectivity index (χ1n) is 7.21. The van der Waals surface area contributed by atoms with E-state index in [0.717, 1.165) is 12.3 Å². The van der Waals surface area contributed by atoms with Gasteiger partial charge in [-0.15, -0.1) is 0 Å². The molecule has 3 aliphatic rings. The lowest BCUT2D eigenvalue weighted by molar-refractivity contribution is 0.0186. The van der Waals surface area contributed by atoms with Crippen LogP contribution in [0.25, 0.3) is 0 Å². The summed E-state index contributed by atoms with van der Waals surface area (Å²) in [5, 5.41) is 11.0. The molecule has 2 fully saturated rings. The van der Waals surface area contributed by atoms with Crippen molar-refractivity contribution in [3.8, 4) is 0 Å². The number of aliphatic hydroxyl groups is 1. The molecule has 1 N–H and O–H groups in total. The van der Waals surface area contributed by atoms with Crippen molar-refractivity contribution in [2.45, 2.75) is 69.8 Å². The molecule has 1 nitrogen and oxygen atoms in total. The van der Waals surface area contributed by atoms with Crippen LogP contribution in [0.2, 0.25) is 0 Å². The first-order chi connectivity index (χ1) is 7.79. The van der Waals surface area contributed by atoms with E-state index in [-0.39, 0.29) is 5.60 Å². The third-order valence-corrected chi connectivity index (χ3v) is 5.16. The highest BCUT2D eigenvalue weighted by Gasteiger charge is 2.51. The van der Waals surface area contributed by atoms with Crippen molar-refractivity contribution in [1.29, 1.82) is 0 Å². The lowest BCUT2D eigenvalue weighted by Gasteiger charge is -2.36. The fourth-order valence-electron chi connectivity index (χ4n) is 4.28. The number of rotatable bonds is 1. The van der Waals surface area contributed by atoms with Gasteiger partial charge in [-0.1, -0.05) is 18.9 Å². The third kappa shape index (κ3) is 1.73. The van der Waals surface area contributed by atoms with Crippen LogP contribution < -0.4 is 0 Å². The molecule has 0 aromatic heterocycles. The van der Waals surface area contributed by atoms with E-state index in [1.54, 1.807) is 0 Å². The number of hydrogen-bond donors (Lipinski definition) is 1. The fraction of sp³-hybridized carbons (Fsp3) is 0.867. The maximum atomic E-state index is 11.0. The third-order valence-electron chi connectivity index (χ3n) is 5.16. The van der Waals surface area contributed by atoms with Crippen molar-refractivity contribution in [3.63, 3.8) is 0 Å². The maximum Gasteiger partial charge on any atom is 0.0887 e. The van der Waals surface area contributed by atoms with Gasteiger partial charge in [-0.2, -0.15) is 0 Å². The first-order valence-corrected chi connectivity index (χ1v) is 7.21. The summed E-state index contributed by atoms with van der Waals surface area (Å²) in [6.07, 6.45) is 15.2. The predicted molar refractivity (Wildman–Crippen MR) is 66.2 cm³/mol. The zero-order valence-corrected chi connectivity index (χ0v) is 10.3. The Hall–Kier alpha value is -0.300. The van der Waals surface area contributed by atoms with Gasteiger partial charge in [0.25, 0.3) is 0 Å². The number of fused-ring (bicyclic) bond motifs is 2. The number of hydrogen-bond acceptors (Lipinski definition) is 1. The van der Waals surface area contributed by atoms with E-state index >= 15 is 0 Å². The van der Waals surface area contributed by atoms with E-state index in [1.807, 2.05) is 0 Å². The smallest absolute Gasteiger partial charge is 0.0887 e. The summed E-state index contributed by atoms with van der Waals surface area (Å²) in [7, 11) is 0. The standard InChI is InChI=1S/C15H24O/c16-15(11-12-8-9-14(15)10-12)13-6-4-2-1-3-5-7-13/h6,12,14,16H,1-5,7-11H2. The normalized spacial score (nSPS) is 43.9. The fourth-order valence-corrected chi connectivity index (χ4v) is 4.28. The summed E-state index contributed by atoms with van der Waals surface area (Å²) in [6.45, 7) is 0. The quantitative estimate of drug-likeness (QED) is 0.666. The van der Waals surface area contributed by atoms with Crippen LogP contribution in [0.1, 0.15) is 64.2 Å². The highest BCUT2D eigenvalue weighted by Crippen LogP contribution is 2.54. The predicted octanol–water partition coefficient (Wildman–Crippen LogP) is 3.82. The van der Waals surface area contributed by atoms with Gasteiger partial charge < -0.3 is 5.11 Å². The molecule has 0 aromatic carbocycles. The highest BCUT2D eigenvalue weighted by molar-refractivity contribution is 5.23. The summed E-state index contributed by atoms with van der Waals surface area (Å²) >= 11 is 0. The van der Waals surface area contributed by atoms with Gasteiger partial charge in [-0.25, -0.2) is 0 Å². The largest absolute Gasteiger partial charge is 0.385 e. The summed E-state index contributed by atoms with van der Waals surface area (Å²) in [4.78, 5) is 0. The van der Waals surface area contributed by atoms with Crippen LogP contribution >= 0.6 is 0 Å². The lowest BCUT2D eigenvalue weighted by atomic mass is 9.76. The second-order valence-corrected chi connectivity index (χ2v) is 6.19. The lowest BCUT2D eigenvalue weighted by Crippen LogP contribution is -2.37. The summed E-state index contributed by atoms with van der Waals surface area (Å²) in [5.74, 6) is 1.43. The van der Waals surface area contributed by atoms with Gasteiger partial charge in [-0.3, -0.25) is 0 Å². The van der Waals surface area contributed by atoms with Gasteiger partial charge in [0.2, 0.25) is 0 Å². The van der Waals surface area contributed by atoms with Crippen LogP contribution in [-0.2, 0) is 0 Å². The molecule has 0 saturated heterocycles. The second kappa shape index (κ2) is 4.18. The van der Waals surface area contributed by atoms with Crippen molar-refractivity contribution in [1.82, 2.24) is 0 Å². The molecule has 3 rings (SSSR count). The van der Waals surface area contributed by atoms with E-state index in [4.69, 9.17) is 0 Å². The molecule has 3 atom stereocenters. The molecular formula is C15H24O. The SMILES string of the molecule is OC1(C2=CCCCCCC2)CC2CCC1C2. The van der Waals surface area contributed by atoms with Gasteiger partial charge in [0.05, 0.1) is 5.60 Å². The zero-order valence-electron chi connectivity index (χ0n) is 10.3.